The first kappa shape index (κ1) is 14.0. The zero-order valence-electron chi connectivity index (χ0n) is 12.4. The fourth-order valence-electron chi connectivity index (χ4n) is 2.25. The Morgan fingerprint density at radius 1 is 1.18 bits per heavy atom. The third-order valence-corrected chi connectivity index (χ3v) is 3.34. The summed E-state index contributed by atoms with van der Waals surface area (Å²) in [6.07, 6.45) is 1.74. The number of aryl methyl sites for hydroxylation is 1. The van der Waals surface area contributed by atoms with Crippen molar-refractivity contribution in [2.75, 3.05) is 5.32 Å². The van der Waals surface area contributed by atoms with Gasteiger partial charge in [-0.2, -0.15) is 0 Å². The zero-order valence-corrected chi connectivity index (χ0v) is 12.4. The number of hydrogen-bond donors (Lipinski definition) is 1. The van der Waals surface area contributed by atoms with Crippen LogP contribution in [0.25, 0.3) is 11.0 Å². The van der Waals surface area contributed by atoms with Crippen molar-refractivity contribution in [3.05, 3.63) is 54.4 Å². The van der Waals surface area contributed by atoms with Crippen molar-refractivity contribution in [2.45, 2.75) is 6.92 Å². The molecule has 1 amide bonds. The standard InChI is InChI=1S/C17H16N4O/c1-12(22)19-14-9-7-13(8-10-14)18-11-17-20-15-5-3-4-6-16(15)21(17)2/h3-11H,1-2H3,(H,19,22). The number of nitrogens with one attached hydrogen (secondary N) is 1. The molecule has 0 saturated heterocycles. The maximum atomic E-state index is 11.0. The lowest BCUT2D eigenvalue weighted by Crippen LogP contribution is -2.04. The van der Waals surface area contributed by atoms with Crippen molar-refractivity contribution in [1.82, 2.24) is 9.55 Å². The van der Waals surface area contributed by atoms with E-state index in [1.165, 1.54) is 6.92 Å². The van der Waals surface area contributed by atoms with Gasteiger partial charge in [-0.25, -0.2) is 4.98 Å². The van der Waals surface area contributed by atoms with Crippen molar-refractivity contribution in [2.24, 2.45) is 12.0 Å². The molecular formula is C17H16N4O. The lowest BCUT2D eigenvalue weighted by molar-refractivity contribution is -0.114. The van der Waals surface area contributed by atoms with Gasteiger partial charge in [0.25, 0.3) is 0 Å². The largest absolute Gasteiger partial charge is 0.326 e. The Kier molecular flexibility index (Phi) is 3.70. The fourth-order valence-corrected chi connectivity index (χ4v) is 2.25. The van der Waals surface area contributed by atoms with Gasteiger partial charge in [-0.3, -0.25) is 9.79 Å². The van der Waals surface area contributed by atoms with E-state index in [1.807, 2.05) is 60.1 Å². The van der Waals surface area contributed by atoms with Crippen molar-refractivity contribution in [3.63, 3.8) is 0 Å². The van der Waals surface area contributed by atoms with Crippen LogP contribution in [0.1, 0.15) is 12.7 Å². The lowest BCUT2D eigenvalue weighted by atomic mass is 10.3. The lowest BCUT2D eigenvalue weighted by Gasteiger charge is -2.01. The molecule has 2 aromatic carbocycles. The third kappa shape index (κ3) is 2.88. The first-order valence-corrected chi connectivity index (χ1v) is 6.96. The second-order valence-electron chi connectivity index (χ2n) is 5.00. The highest BCUT2D eigenvalue weighted by molar-refractivity contribution is 5.89. The molecule has 0 unspecified atom stereocenters. The van der Waals surface area contributed by atoms with Crippen LogP contribution in [-0.2, 0) is 11.8 Å². The Hall–Kier alpha value is -2.95. The molecule has 1 aromatic heterocycles. The van der Waals surface area contributed by atoms with Gasteiger partial charge in [0, 0.05) is 19.7 Å². The predicted octanol–water partition coefficient (Wildman–Crippen LogP) is 3.28. The molecule has 0 fully saturated rings. The van der Waals surface area contributed by atoms with E-state index in [0.717, 1.165) is 28.2 Å². The molecule has 0 aliphatic carbocycles. The molecule has 0 spiro atoms. The number of rotatable bonds is 3. The maximum Gasteiger partial charge on any atom is 0.221 e. The van der Waals surface area contributed by atoms with Crippen LogP contribution in [0, 0.1) is 0 Å². The van der Waals surface area contributed by atoms with Crippen molar-refractivity contribution < 1.29 is 4.79 Å². The van der Waals surface area contributed by atoms with Crippen LogP contribution >= 0.6 is 0 Å². The summed E-state index contributed by atoms with van der Waals surface area (Å²) in [6.45, 7) is 1.48. The summed E-state index contributed by atoms with van der Waals surface area (Å²) in [5.41, 5.74) is 3.59. The SMILES string of the molecule is CC(=O)Nc1ccc(N=Cc2nc3ccccc3n2C)cc1. The van der Waals surface area contributed by atoms with Crippen LogP contribution in [0.5, 0.6) is 0 Å². The van der Waals surface area contributed by atoms with Crippen molar-refractivity contribution in [3.8, 4) is 0 Å². The number of nitrogens with zero attached hydrogens (tertiary/aromatic N) is 3. The van der Waals surface area contributed by atoms with E-state index in [-0.39, 0.29) is 5.91 Å². The van der Waals surface area contributed by atoms with E-state index in [2.05, 4.69) is 15.3 Å². The second-order valence-corrected chi connectivity index (χ2v) is 5.00. The Bertz CT molecular complexity index is 847. The van der Waals surface area contributed by atoms with E-state index < -0.39 is 0 Å². The number of fused-ring (bicyclic) bond motifs is 1. The number of anilines is 1. The summed E-state index contributed by atoms with van der Waals surface area (Å²) in [6, 6.07) is 15.3. The quantitative estimate of drug-likeness (QED) is 0.753. The van der Waals surface area contributed by atoms with Crippen molar-refractivity contribution >= 4 is 34.5 Å². The van der Waals surface area contributed by atoms with Crippen molar-refractivity contribution in [1.29, 1.82) is 0 Å². The van der Waals surface area contributed by atoms with Gasteiger partial charge in [0.2, 0.25) is 5.91 Å². The van der Waals surface area contributed by atoms with Gasteiger partial charge in [0.1, 0.15) is 0 Å². The maximum absolute atomic E-state index is 11.0. The number of imidazole rings is 1. The second kappa shape index (κ2) is 5.81. The first-order chi connectivity index (χ1) is 10.6. The van der Waals surface area contributed by atoms with Gasteiger partial charge in [0.05, 0.1) is 22.9 Å². The summed E-state index contributed by atoms with van der Waals surface area (Å²) in [5.74, 6) is 0.711. The minimum atomic E-state index is -0.0871. The molecule has 1 N–H and O–H groups in total. The number of amides is 1. The normalized spacial score (nSPS) is 11.2. The third-order valence-electron chi connectivity index (χ3n) is 3.34. The molecule has 3 rings (SSSR count). The average molecular weight is 292 g/mol. The molecule has 0 bridgehead atoms. The minimum Gasteiger partial charge on any atom is -0.326 e. The summed E-state index contributed by atoms with van der Waals surface area (Å²) in [4.78, 5) is 20.0. The predicted molar refractivity (Wildman–Crippen MR) is 88.7 cm³/mol. The summed E-state index contributed by atoms with van der Waals surface area (Å²) in [7, 11) is 1.97. The van der Waals surface area contributed by atoms with E-state index in [4.69, 9.17) is 0 Å². The molecule has 5 nitrogen and oxygen atoms in total. The topological polar surface area (TPSA) is 59.3 Å². The van der Waals surface area contributed by atoms with E-state index >= 15 is 0 Å². The van der Waals surface area contributed by atoms with Gasteiger partial charge in [-0.15, -0.1) is 0 Å². The van der Waals surface area contributed by atoms with E-state index in [9.17, 15) is 4.79 Å². The van der Waals surface area contributed by atoms with Gasteiger partial charge in [0.15, 0.2) is 5.82 Å². The number of carbonyl (C=O) groups is 1. The number of hydrogen-bond acceptors (Lipinski definition) is 3. The number of aliphatic imine (C=N–C) groups is 1. The molecule has 3 aromatic rings. The highest BCUT2D eigenvalue weighted by atomic mass is 16.1. The number of carbonyl (C=O) groups excluding carboxylic acids is 1. The molecule has 0 aliphatic rings. The molecule has 110 valence electrons. The number of para-hydroxylation sites is 2. The smallest absolute Gasteiger partial charge is 0.221 e. The Labute approximate surface area is 128 Å². The summed E-state index contributed by atoms with van der Waals surface area (Å²) < 4.78 is 2.00. The van der Waals surface area contributed by atoms with Gasteiger partial charge >= 0.3 is 0 Å². The minimum absolute atomic E-state index is 0.0871. The van der Waals surface area contributed by atoms with Crippen LogP contribution in [0.2, 0.25) is 0 Å². The summed E-state index contributed by atoms with van der Waals surface area (Å²) in [5, 5.41) is 2.73. The van der Waals surface area contributed by atoms with Gasteiger partial charge < -0.3 is 9.88 Å². The molecule has 0 radical (unpaired) electrons. The number of aromatic nitrogens is 2. The van der Waals surface area contributed by atoms with Crippen LogP contribution < -0.4 is 5.32 Å². The van der Waals surface area contributed by atoms with Crippen LogP contribution in [0.3, 0.4) is 0 Å². The Morgan fingerprint density at radius 2 is 1.91 bits per heavy atom. The van der Waals surface area contributed by atoms with E-state index in [0.29, 0.717) is 0 Å². The number of benzene rings is 2. The summed E-state index contributed by atoms with van der Waals surface area (Å²) >= 11 is 0. The highest BCUT2D eigenvalue weighted by Gasteiger charge is 2.04. The molecule has 0 saturated carbocycles. The zero-order chi connectivity index (χ0) is 15.5. The highest BCUT2D eigenvalue weighted by Crippen LogP contribution is 2.17. The monoisotopic (exact) mass is 292 g/mol. The molecule has 22 heavy (non-hydrogen) atoms. The molecule has 5 heteroatoms. The Balaban J connectivity index is 1.83. The van der Waals surface area contributed by atoms with Crippen LogP contribution in [0.15, 0.2) is 53.5 Å². The fraction of sp³-hybridized carbons (Fsp3) is 0.118. The molecule has 1 heterocycles. The Morgan fingerprint density at radius 3 is 2.59 bits per heavy atom. The first-order valence-electron chi connectivity index (χ1n) is 6.96. The van der Waals surface area contributed by atoms with Gasteiger partial charge in [-0.1, -0.05) is 12.1 Å². The van der Waals surface area contributed by atoms with Crippen LogP contribution in [-0.4, -0.2) is 21.7 Å². The van der Waals surface area contributed by atoms with Gasteiger partial charge in [-0.05, 0) is 36.4 Å². The molecule has 0 atom stereocenters. The average Bonchev–Trinajstić information content (AvgIpc) is 2.83. The molecular weight excluding hydrogens is 276 g/mol. The van der Waals surface area contributed by atoms with Crippen LogP contribution in [0.4, 0.5) is 11.4 Å². The molecule has 0 aliphatic heterocycles. The van der Waals surface area contributed by atoms with E-state index in [1.54, 1.807) is 6.21 Å².